The first kappa shape index (κ1) is 39.1. The lowest BCUT2D eigenvalue weighted by molar-refractivity contribution is 0.630. The quantitative estimate of drug-likeness (QED) is 0.134. The summed E-state index contributed by atoms with van der Waals surface area (Å²) in [4.78, 5) is 4.42. The first-order valence-corrected chi connectivity index (χ1v) is 25.0. The molecule has 10 aromatic carbocycles. The van der Waals surface area contributed by atoms with Crippen LogP contribution in [0, 0.1) is 5.82 Å². The van der Waals surface area contributed by atoms with Gasteiger partial charge in [0, 0.05) is 34.0 Å². The van der Waals surface area contributed by atoms with Gasteiger partial charge in [-0.05, 0) is 133 Å². The molecule has 0 saturated heterocycles. The van der Waals surface area contributed by atoms with Crippen molar-refractivity contribution >= 4 is 63.3 Å². The minimum atomic E-state index is -2.34. The van der Waals surface area contributed by atoms with Crippen molar-refractivity contribution in [1.82, 2.24) is 0 Å². The van der Waals surface area contributed by atoms with Crippen LogP contribution in [0.1, 0.15) is 0 Å². The molecule has 64 heavy (non-hydrogen) atoms. The van der Waals surface area contributed by atoms with Crippen LogP contribution in [-0.4, -0.2) is 8.07 Å². The van der Waals surface area contributed by atoms with Gasteiger partial charge < -0.3 is 9.80 Å². The summed E-state index contributed by atoms with van der Waals surface area (Å²) in [5.74, 6) is -0.276. The van der Waals surface area contributed by atoms with Gasteiger partial charge in [-0.1, -0.05) is 177 Å². The van der Waals surface area contributed by atoms with Crippen LogP contribution in [0.4, 0.5) is 38.5 Å². The summed E-state index contributed by atoms with van der Waals surface area (Å²) in [6.07, 6.45) is 0. The smallest absolute Gasteiger partial charge is 0.148 e. The van der Waals surface area contributed by atoms with Crippen molar-refractivity contribution in [2.45, 2.75) is 13.1 Å². The minimum absolute atomic E-state index is 0.276. The topological polar surface area (TPSA) is 6.48 Å². The van der Waals surface area contributed by atoms with E-state index in [-0.39, 0.29) is 5.82 Å². The first-order chi connectivity index (χ1) is 31.4. The predicted molar refractivity (Wildman–Crippen MR) is 272 cm³/mol. The first-order valence-electron chi connectivity index (χ1n) is 22.0. The maximum atomic E-state index is 17.3. The molecule has 1 heterocycles. The van der Waals surface area contributed by atoms with Crippen LogP contribution in [0.5, 0.6) is 0 Å². The Labute approximate surface area is 375 Å². The lowest BCUT2D eigenvalue weighted by atomic mass is 9.91. The van der Waals surface area contributed by atoms with E-state index in [2.05, 4.69) is 187 Å². The molecule has 306 valence electrons. The van der Waals surface area contributed by atoms with Gasteiger partial charge in [0.25, 0.3) is 0 Å². The molecule has 4 heteroatoms. The third-order valence-electron chi connectivity index (χ3n) is 12.9. The molecule has 0 spiro atoms. The van der Waals surface area contributed by atoms with Crippen molar-refractivity contribution in [3.63, 3.8) is 0 Å². The van der Waals surface area contributed by atoms with Gasteiger partial charge in [-0.15, -0.1) is 0 Å². The van der Waals surface area contributed by atoms with E-state index < -0.39 is 8.07 Å². The average molecular weight is 841 g/mol. The molecular weight excluding hydrogens is 796 g/mol. The van der Waals surface area contributed by atoms with Crippen LogP contribution in [0.15, 0.2) is 237 Å². The molecule has 2 nitrogen and oxygen atoms in total. The van der Waals surface area contributed by atoms with Crippen LogP contribution in [0.25, 0.3) is 55.3 Å². The highest BCUT2D eigenvalue weighted by atomic mass is 28.3. The zero-order chi connectivity index (χ0) is 43.2. The number of rotatable bonds is 9. The van der Waals surface area contributed by atoms with Crippen molar-refractivity contribution in [2.24, 2.45) is 0 Å². The van der Waals surface area contributed by atoms with E-state index in [1.165, 1.54) is 43.4 Å². The zero-order valence-electron chi connectivity index (χ0n) is 35.8. The number of para-hydroxylation sites is 3. The molecule has 0 fully saturated rings. The molecule has 0 unspecified atom stereocenters. The van der Waals surface area contributed by atoms with Crippen LogP contribution >= 0.6 is 0 Å². The highest BCUT2D eigenvalue weighted by Gasteiger charge is 2.37. The van der Waals surface area contributed by atoms with Crippen molar-refractivity contribution in [3.05, 3.63) is 242 Å². The molecule has 10 aromatic rings. The van der Waals surface area contributed by atoms with E-state index in [0.717, 1.165) is 50.7 Å². The molecule has 11 rings (SSSR count). The molecule has 0 bridgehead atoms. The van der Waals surface area contributed by atoms with Crippen molar-refractivity contribution in [1.29, 1.82) is 0 Å². The monoisotopic (exact) mass is 840 g/mol. The molecule has 1 aliphatic rings. The number of fused-ring (bicyclic) bond motifs is 2. The maximum absolute atomic E-state index is 17.3. The molecule has 0 radical (unpaired) electrons. The molecular formula is C60H45FN2Si. The predicted octanol–water partition coefficient (Wildman–Crippen LogP) is 15.7. The fourth-order valence-electron chi connectivity index (χ4n) is 9.81. The fraction of sp³-hybridized carbons (Fsp3) is 0.0333. The Hall–Kier alpha value is -7.79. The van der Waals surface area contributed by atoms with Gasteiger partial charge in [0.15, 0.2) is 0 Å². The lowest BCUT2D eigenvalue weighted by Crippen LogP contribution is -2.56. The number of benzene rings is 10. The third kappa shape index (κ3) is 6.80. The van der Waals surface area contributed by atoms with E-state index in [1.54, 1.807) is 6.07 Å². The number of hydrogen-bond acceptors (Lipinski definition) is 2. The Morgan fingerprint density at radius 2 is 0.812 bits per heavy atom. The van der Waals surface area contributed by atoms with Gasteiger partial charge in [-0.25, -0.2) is 4.39 Å². The molecule has 1 aliphatic heterocycles. The molecule has 0 N–H and O–H groups in total. The molecule has 0 amide bonds. The van der Waals surface area contributed by atoms with Crippen LogP contribution < -0.4 is 20.2 Å². The summed E-state index contributed by atoms with van der Waals surface area (Å²) < 4.78 is 17.3. The summed E-state index contributed by atoms with van der Waals surface area (Å²) >= 11 is 0. The van der Waals surface area contributed by atoms with Crippen LogP contribution in [-0.2, 0) is 0 Å². The number of hydrogen-bond donors (Lipinski definition) is 0. The SMILES string of the molecule is C[Si]1(C)c2cc(N(c3ccccc3)c3c(F)cc(-c4ccccc4)cc3-c3ccccc3)ccc2-c2ccc(-c3ccc(N(c4ccccc4)c4ccccc4)cc3)c3cccc1c23. The summed E-state index contributed by atoms with van der Waals surface area (Å²) in [7, 11) is -2.34. The maximum Gasteiger partial charge on any atom is 0.148 e. The number of nitrogens with zero attached hydrogens (tertiary/aromatic N) is 2. The van der Waals surface area contributed by atoms with E-state index >= 15 is 4.39 Å². The van der Waals surface area contributed by atoms with Crippen molar-refractivity contribution in [2.75, 3.05) is 9.80 Å². The van der Waals surface area contributed by atoms with Gasteiger partial charge in [0.1, 0.15) is 13.9 Å². The van der Waals surface area contributed by atoms with Crippen LogP contribution in [0.3, 0.4) is 0 Å². The standard InChI is InChI=1S/C60H45FN2Si/c1-64(2)57-30-18-29-53-51(44-31-33-49(34-32-44)62(46-23-12-5-13-24-46)47-25-14-6-15-26-47)37-38-54(59(53)57)52-36-35-50(41-58(52)64)63(48-27-16-7-17-28-48)60-55(43-21-10-4-11-22-43)39-45(40-56(60)61)42-19-8-3-9-20-42/h3-41H,1-2H3. The lowest BCUT2D eigenvalue weighted by Gasteiger charge is -2.36. The van der Waals surface area contributed by atoms with Gasteiger partial charge in [0.05, 0.1) is 5.69 Å². The largest absolute Gasteiger partial charge is 0.311 e. The minimum Gasteiger partial charge on any atom is -0.311 e. The summed E-state index contributed by atoms with van der Waals surface area (Å²) in [6, 6.07) is 82.7. The third-order valence-corrected chi connectivity index (χ3v) is 16.4. The fourth-order valence-corrected chi connectivity index (χ4v) is 12.9. The van der Waals surface area contributed by atoms with E-state index in [4.69, 9.17) is 0 Å². The molecule has 0 saturated carbocycles. The Bertz CT molecular complexity index is 3240. The van der Waals surface area contributed by atoms with E-state index in [9.17, 15) is 0 Å². The second kappa shape index (κ2) is 16.2. The Kier molecular flexibility index (Phi) is 9.86. The second-order valence-electron chi connectivity index (χ2n) is 17.1. The second-order valence-corrected chi connectivity index (χ2v) is 21.4. The van der Waals surface area contributed by atoms with Gasteiger partial charge in [-0.2, -0.15) is 0 Å². The summed E-state index contributed by atoms with van der Waals surface area (Å²) in [6.45, 7) is 4.93. The van der Waals surface area contributed by atoms with Crippen molar-refractivity contribution < 1.29 is 4.39 Å². The van der Waals surface area contributed by atoms with Gasteiger partial charge in [-0.3, -0.25) is 0 Å². The van der Waals surface area contributed by atoms with Gasteiger partial charge in [0.2, 0.25) is 0 Å². The number of halogens is 1. The van der Waals surface area contributed by atoms with E-state index in [1.807, 2.05) is 66.7 Å². The number of anilines is 6. The normalized spacial score (nSPS) is 12.4. The zero-order valence-corrected chi connectivity index (χ0v) is 36.8. The summed E-state index contributed by atoms with van der Waals surface area (Å²) in [5, 5.41) is 5.36. The Balaban J connectivity index is 1.04. The molecule has 0 atom stereocenters. The Morgan fingerprint density at radius 3 is 1.42 bits per heavy atom. The summed E-state index contributed by atoms with van der Waals surface area (Å²) in [5.41, 5.74) is 14.2. The Morgan fingerprint density at radius 1 is 0.328 bits per heavy atom. The highest BCUT2D eigenvalue weighted by molar-refractivity contribution is 7.03. The highest BCUT2D eigenvalue weighted by Crippen LogP contribution is 2.46. The average Bonchev–Trinajstić information content (AvgIpc) is 3.35. The van der Waals surface area contributed by atoms with E-state index in [0.29, 0.717) is 5.69 Å². The van der Waals surface area contributed by atoms with Gasteiger partial charge >= 0.3 is 0 Å². The van der Waals surface area contributed by atoms with Crippen LogP contribution in [0.2, 0.25) is 13.1 Å². The van der Waals surface area contributed by atoms with Crippen molar-refractivity contribution in [3.8, 4) is 44.5 Å². The molecule has 0 aromatic heterocycles. The molecule has 0 aliphatic carbocycles.